The Balaban J connectivity index is 1.65. The first-order valence-electron chi connectivity index (χ1n) is 10.7. The number of benzene rings is 3. The summed E-state index contributed by atoms with van der Waals surface area (Å²) >= 11 is 0. The van der Waals surface area contributed by atoms with Crippen LogP contribution in [0.15, 0.2) is 84.9 Å². The smallest absolute Gasteiger partial charge is 0.161 e. The van der Waals surface area contributed by atoms with Crippen LogP contribution in [0.2, 0.25) is 0 Å². The fraction of sp³-hybridized carbons (Fsp3) is 0.259. The summed E-state index contributed by atoms with van der Waals surface area (Å²) in [4.78, 5) is 0. The summed E-state index contributed by atoms with van der Waals surface area (Å²) in [5.41, 5.74) is 3.33. The Hall–Kier alpha value is -3.08. The third kappa shape index (κ3) is 6.71. The molecule has 0 aliphatic carbocycles. The summed E-state index contributed by atoms with van der Waals surface area (Å²) in [6.07, 6.45) is 3.31. The molecule has 0 saturated heterocycles. The minimum absolute atomic E-state index is 0.00550. The van der Waals surface area contributed by atoms with Gasteiger partial charge >= 0.3 is 0 Å². The summed E-state index contributed by atoms with van der Waals surface area (Å²) in [5, 5.41) is 14.1. The van der Waals surface area contributed by atoms with Gasteiger partial charge in [0.25, 0.3) is 0 Å². The van der Waals surface area contributed by atoms with E-state index in [1.54, 1.807) is 0 Å². The van der Waals surface area contributed by atoms with Crippen molar-refractivity contribution < 1.29 is 14.6 Å². The number of aliphatic hydroxyl groups excluding tert-OH is 1. The van der Waals surface area contributed by atoms with Crippen LogP contribution in [-0.4, -0.2) is 31.0 Å². The molecule has 0 spiro atoms. The topological polar surface area (TPSA) is 50.7 Å². The van der Waals surface area contributed by atoms with Crippen LogP contribution in [0.5, 0.6) is 11.5 Å². The second kappa shape index (κ2) is 11.9. The number of nitrogens with one attached hydrogen (secondary N) is 1. The molecule has 3 rings (SSSR count). The van der Waals surface area contributed by atoms with Crippen LogP contribution in [0.3, 0.4) is 0 Å². The van der Waals surface area contributed by atoms with Crippen molar-refractivity contribution in [1.29, 1.82) is 0 Å². The van der Waals surface area contributed by atoms with E-state index in [1.165, 1.54) is 0 Å². The van der Waals surface area contributed by atoms with Gasteiger partial charge in [-0.2, -0.15) is 0 Å². The van der Waals surface area contributed by atoms with Gasteiger partial charge in [-0.25, -0.2) is 0 Å². The van der Waals surface area contributed by atoms with Gasteiger partial charge < -0.3 is 19.9 Å². The van der Waals surface area contributed by atoms with E-state index in [9.17, 15) is 5.11 Å². The zero-order chi connectivity index (χ0) is 21.9. The molecule has 31 heavy (non-hydrogen) atoms. The highest BCUT2D eigenvalue weighted by molar-refractivity contribution is 5.55. The van der Waals surface area contributed by atoms with Crippen molar-refractivity contribution in [2.24, 2.45) is 0 Å². The number of ether oxygens (including phenoxy) is 2. The number of rotatable bonds is 11. The third-order valence-corrected chi connectivity index (χ3v) is 4.88. The van der Waals surface area contributed by atoms with Crippen LogP contribution < -0.4 is 14.8 Å². The van der Waals surface area contributed by atoms with E-state index in [0.717, 1.165) is 16.7 Å². The SMILES string of the molecule is C/C=C\c1ccc(OCC)c(OCC(O)CNC(c2ccccc2)c2ccccc2)c1. The molecule has 0 radical (unpaired) electrons. The van der Waals surface area contributed by atoms with E-state index in [4.69, 9.17) is 9.47 Å². The number of allylic oxidation sites excluding steroid dienone is 1. The average molecular weight is 418 g/mol. The molecular weight excluding hydrogens is 386 g/mol. The Kier molecular flexibility index (Phi) is 8.71. The largest absolute Gasteiger partial charge is 0.490 e. The molecule has 0 heterocycles. The Morgan fingerprint density at radius 2 is 1.52 bits per heavy atom. The fourth-order valence-electron chi connectivity index (χ4n) is 3.43. The predicted molar refractivity (Wildman–Crippen MR) is 127 cm³/mol. The van der Waals surface area contributed by atoms with Gasteiger partial charge in [-0.15, -0.1) is 0 Å². The van der Waals surface area contributed by atoms with Crippen molar-refractivity contribution in [3.8, 4) is 11.5 Å². The molecule has 0 aliphatic heterocycles. The maximum absolute atomic E-state index is 10.6. The molecule has 0 amide bonds. The highest BCUT2D eigenvalue weighted by Crippen LogP contribution is 2.29. The van der Waals surface area contributed by atoms with Gasteiger partial charge in [0.2, 0.25) is 0 Å². The molecular formula is C27H31NO3. The highest BCUT2D eigenvalue weighted by atomic mass is 16.5. The molecule has 2 N–H and O–H groups in total. The van der Waals surface area contributed by atoms with Gasteiger partial charge in [-0.1, -0.05) is 78.9 Å². The van der Waals surface area contributed by atoms with Crippen LogP contribution in [-0.2, 0) is 0 Å². The van der Waals surface area contributed by atoms with E-state index in [0.29, 0.717) is 24.7 Å². The van der Waals surface area contributed by atoms with Crippen LogP contribution in [0.25, 0.3) is 6.08 Å². The van der Waals surface area contributed by atoms with Gasteiger partial charge in [0.05, 0.1) is 12.6 Å². The van der Waals surface area contributed by atoms with Crippen molar-refractivity contribution >= 4 is 6.08 Å². The standard InChI is InChI=1S/C27H31NO3/c1-3-11-21-16-17-25(30-4-2)26(18-21)31-20-24(29)19-28-27(22-12-7-5-8-13-22)23-14-9-6-10-15-23/h3,5-18,24,27-29H,4,19-20H2,1-2H3/b11-3-. The zero-order valence-corrected chi connectivity index (χ0v) is 18.2. The molecule has 3 aromatic carbocycles. The zero-order valence-electron chi connectivity index (χ0n) is 18.2. The lowest BCUT2D eigenvalue weighted by Crippen LogP contribution is -2.34. The molecule has 1 atom stereocenters. The summed E-state index contributed by atoms with van der Waals surface area (Å²) in [7, 11) is 0. The van der Waals surface area contributed by atoms with Gasteiger partial charge in [-0.05, 0) is 42.7 Å². The molecule has 0 bridgehead atoms. The maximum atomic E-state index is 10.6. The van der Waals surface area contributed by atoms with E-state index >= 15 is 0 Å². The number of aliphatic hydroxyl groups is 1. The molecule has 0 aromatic heterocycles. The Morgan fingerprint density at radius 3 is 2.10 bits per heavy atom. The van der Waals surface area contributed by atoms with Crippen molar-refractivity contribution in [3.63, 3.8) is 0 Å². The van der Waals surface area contributed by atoms with Crippen molar-refractivity contribution in [1.82, 2.24) is 5.32 Å². The second-order valence-electron chi connectivity index (χ2n) is 7.27. The molecule has 0 aliphatic rings. The van der Waals surface area contributed by atoms with Gasteiger partial charge in [0.1, 0.15) is 12.7 Å². The quantitative estimate of drug-likeness (QED) is 0.448. The second-order valence-corrected chi connectivity index (χ2v) is 7.27. The minimum Gasteiger partial charge on any atom is -0.490 e. The number of hydrogen-bond acceptors (Lipinski definition) is 4. The molecule has 4 heteroatoms. The Labute approximate surface area is 185 Å². The van der Waals surface area contributed by atoms with Gasteiger partial charge in [0, 0.05) is 6.54 Å². The highest BCUT2D eigenvalue weighted by Gasteiger charge is 2.16. The van der Waals surface area contributed by atoms with E-state index in [2.05, 4.69) is 29.6 Å². The van der Waals surface area contributed by atoms with Gasteiger partial charge in [-0.3, -0.25) is 0 Å². The maximum Gasteiger partial charge on any atom is 0.161 e. The lowest BCUT2D eigenvalue weighted by atomic mass is 9.98. The monoisotopic (exact) mass is 417 g/mol. The number of hydrogen-bond donors (Lipinski definition) is 2. The molecule has 0 fully saturated rings. The first-order valence-corrected chi connectivity index (χ1v) is 10.7. The lowest BCUT2D eigenvalue weighted by Gasteiger charge is -2.22. The third-order valence-electron chi connectivity index (χ3n) is 4.88. The first-order chi connectivity index (χ1) is 15.2. The van der Waals surface area contributed by atoms with Crippen molar-refractivity contribution in [2.45, 2.75) is 26.0 Å². The first kappa shape index (κ1) is 22.6. The lowest BCUT2D eigenvalue weighted by molar-refractivity contribution is 0.102. The predicted octanol–water partition coefficient (Wildman–Crippen LogP) is 5.24. The molecule has 162 valence electrons. The van der Waals surface area contributed by atoms with Crippen LogP contribution in [0, 0.1) is 0 Å². The Bertz CT molecular complexity index is 902. The van der Waals surface area contributed by atoms with E-state index in [1.807, 2.05) is 80.6 Å². The summed E-state index contributed by atoms with van der Waals surface area (Å²) in [6.45, 7) is 5.03. The van der Waals surface area contributed by atoms with Crippen molar-refractivity contribution in [3.05, 3.63) is 102 Å². The van der Waals surface area contributed by atoms with Crippen LogP contribution >= 0.6 is 0 Å². The van der Waals surface area contributed by atoms with Crippen molar-refractivity contribution in [2.75, 3.05) is 19.8 Å². The summed E-state index contributed by atoms with van der Waals surface area (Å²) in [5.74, 6) is 1.32. The Morgan fingerprint density at radius 1 is 0.871 bits per heavy atom. The summed E-state index contributed by atoms with van der Waals surface area (Å²) in [6, 6.07) is 26.3. The summed E-state index contributed by atoms with van der Waals surface area (Å²) < 4.78 is 11.6. The van der Waals surface area contributed by atoms with Gasteiger partial charge in [0.15, 0.2) is 11.5 Å². The molecule has 3 aromatic rings. The van der Waals surface area contributed by atoms with Crippen LogP contribution in [0.4, 0.5) is 0 Å². The van der Waals surface area contributed by atoms with E-state index in [-0.39, 0.29) is 12.6 Å². The average Bonchev–Trinajstić information content (AvgIpc) is 2.81. The molecule has 0 saturated carbocycles. The molecule has 4 nitrogen and oxygen atoms in total. The molecule has 1 unspecified atom stereocenters. The minimum atomic E-state index is -0.672. The van der Waals surface area contributed by atoms with E-state index < -0.39 is 6.10 Å². The van der Waals surface area contributed by atoms with Crippen LogP contribution in [0.1, 0.15) is 36.6 Å². The fourth-order valence-corrected chi connectivity index (χ4v) is 3.43. The normalized spacial score (nSPS) is 12.3.